The van der Waals surface area contributed by atoms with E-state index < -0.39 is 46.0 Å². The van der Waals surface area contributed by atoms with Gasteiger partial charge in [-0.05, 0) is 63.3 Å². The van der Waals surface area contributed by atoms with Gasteiger partial charge in [-0.15, -0.1) is 0 Å². The van der Waals surface area contributed by atoms with Crippen molar-refractivity contribution >= 4 is 44.2 Å². The number of aliphatic imine (C=N–C) groups is 1. The summed E-state index contributed by atoms with van der Waals surface area (Å²) in [5.74, 6) is -0.230. The summed E-state index contributed by atoms with van der Waals surface area (Å²) < 4.78 is 20.2. The second-order valence-electron chi connectivity index (χ2n) is 14.5. The Labute approximate surface area is 302 Å². The fraction of sp³-hybridized carbons (Fsp3) is 0.500. The third-order valence-corrected chi connectivity index (χ3v) is 13.2. The lowest BCUT2D eigenvalue weighted by atomic mass is 9.74. The van der Waals surface area contributed by atoms with Crippen molar-refractivity contribution < 1.29 is 39.5 Å². The van der Waals surface area contributed by atoms with Crippen LogP contribution in [0.1, 0.15) is 85.1 Å². The van der Waals surface area contributed by atoms with Crippen LogP contribution >= 0.6 is 21.6 Å². The van der Waals surface area contributed by atoms with Gasteiger partial charge in [0, 0.05) is 30.1 Å². The molecule has 4 aliphatic rings. The number of benzene rings is 2. The number of fused-ring (bicyclic) bond motifs is 2. The van der Waals surface area contributed by atoms with Crippen molar-refractivity contribution in [3.63, 3.8) is 0 Å². The normalized spacial score (nSPS) is 27.5. The Kier molecular flexibility index (Phi) is 9.53. The molecule has 1 fully saturated rings. The van der Waals surface area contributed by atoms with E-state index in [-0.39, 0.29) is 59.6 Å². The molecule has 0 amide bonds. The van der Waals surface area contributed by atoms with Crippen LogP contribution in [0.2, 0.25) is 0 Å². The maximum Gasteiger partial charge on any atom is 0.201 e. The Bertz CT molecular complexity index is 1940. The highest BCUT2D eigenvalue weighted by Gasteiger charge is 2.49. The number of nitrogens with two attached hydrogens (primary N) is 2. The van der Waals surface area contributed by atoms with Crippen LogP contribution in [-0.4, -0.2) is 73.9 Å². The van der Waals surface area contributed by atoms with Crippen LogP contribution in [-0.2, 0) is 12.0 Å². The number of nitrogens with one attached hydrogen (secondary N) is 1. The standard InChI is InChI=1S/C36H44N4O9S2/c1-34(2,44)24-13-22-29(48-24)26-23(14-41)51-50-17-35(16-42,39-33(37)38)15-36(45)12-11-21(18-7-9-19(40-46)10-8-18)25-28(43)27(31(26)49-32(25)36)30(22)47-20-5-3-4-6-20/h7-12,20-21,23-24,40-42,44-46H,3-6,13-17H2,1-2H3,(H4,37,38,39)/t21-,23+,24+,35+,36+/m0/s1. The summed E-state index contributed by atoms with van der Waals surface area (Å²) in [6, 6.07) is 6.85. The van der Waals surface area contributed by atoms with E-state index in [4.69, 9.17) is 25.4 Å². The number of rotatable bonds is 8. The highest BCUT2D eigenvalue weighted by molar-refractivity contribution is 8.76. The maximum atomic E-state index is 15.4. The summed E-state index contributed by atoms with van der Waals surface area (Å²) >= 11 is 0. The van der Waals surface area contributed by atoms with Crippen LogP contribution in [0.15, 0.2) is 50.6 Å². The van der Waals surface area contributed by atoms with Crippen LogP contribution in [0.25, 0.3) is 11.0 Å². The minimum Gasteiger partial charge on any atom is -0.489 e. The lowest BCUT2D eigenvalue weighted by molar-refractivity contribution is -0.0233. The molecule has 2 bridgehead atoms. The van der Waals surface area contributed by atoms with Crippen LogP contribution in [0.3, 0.4) is 0 Å². The number of nitrogens with zero attached hydrogens (tertiary/aromatic N) is 1. The number of anilines is 1. The largest absolute Gasteiger partial charge is 0.489 e. The predicted molar refractivity (Wildman–Crippen MR) is 197 cm³/mol. The summed E-state index contributed by atoms with van der Waals surface area (Å²) in [5, 5.41) is 54.5. The molecule has 0 radical (unpaired) electrons. The third kappa shape index (κ3) is 6.36. The Morgan fingerprint density at radius 2 is 1.88 bits per heavy atom. The molecule has 3 aromatic rings. The monoisotopic (exact) mass is 740 g/mol. The smallest absolute Gasteiger partial charge is 0.201 e. The number of aliphatic hydroxyl groups is 4. The third-order valence-electron chi connectivity index (χ3n) is 10.4. The molecule has 2 aliphatic carbocycles. The molecule has 13 nitrogen and oxygen atoms in total. The molecule has 5 atom stereocenters. The van der Waals surface area contributed by atoms with Gasteiger partial charge in [0.1, 0.15) is 45.5 Å². The van der Waals surface area contributed by atoms with Crippen molar-refractivity contribution in [2.24, 2.45) is 16.5 Å². The molecular weight excluding hydrogens is 697 g/mol. The first-order chi connectivity index (χ1) is 24.3. The molecule has 10 N–H and O–H groups in total. The van der Waals surface area contributed by atoms with E-state index >= 15 is 4.79 Å². The molecule has 3 heterocycles. The minimum atomic E-state index is -1.98. The summed E-state index contributed by atoms with van der Waals surface area (Å²) in [5.41, 5.74) is 11.2. The van der Waals surface area contributed by atoms with Gasteiger partial charge in [-0.2, -0.15) is 0 Å². The quantitative estimate of drug-likeness (QED) is 0.0542. The van der Waals surface area contributed by atoms with Crippen LogP contribution in [0, 0.1) is 0 Å². The first-order valence-electron chi connectivity index (χ1n) is 17.1. The Balaban J connectivity index is 1.59. The molecular formula is C36H44N4O9S2. The molecule has 0 unspecified atom stereocenters. The molecule has 0 saturated heterocycles. The lowest BCUT2D eigenvalue weighted by Crippen LogP contribution is -2.46. The van der Waals surface area contributed by atoms with E-state index in [1.807, 2.05) is 0 Å². The van der Waals surface area contributed by atoms with Gasteiger partial charge in [-0.25, -0.2) is 4.99 Å². The first-order valence-corrected chi connectivity index (χ1v) is 19.5. The van der Waals surface area contributed by atoms with Crippen molar-refractivity contribution in [3.8, 4) is 11.5 Å². The summed E-state index contributed by atoms with van der Waals surface area (Å²) in [7, 11) is 2.57. The van der Waals surface area contributed by atoms with Gasteiger partial charge in [-0.3, -0.25) is 15.5 Å². The summed E-state index contributed by atoms with van der Waals surface area (Å²) in [6.45, 7) is 2.39. The number of aliphatic hydroxyl groups excluding tert-OH is 2. The van der Waals surface area contributed by atoms with Crippen LogP contribution < -0.4 is 31.8 Å². The van der Waals surface area contributed by atoms with E-state index in [1.165, 1.54) is 21.6 Å². The zero-order chi connectivity index (χ0) is 36.3. The van der Waals surface area contributed by atoms with E-state index in [2.05, 4.69) is 10.5 Å². The SMILES string of the molecule is CC(C)(O)[C@H]1Cc2c(c3c4oc5c(c(=O)c4c2OC2CCCC2)[C@H](c2ccc(NO)cc2)C=C[C@@]5(O)C[C@](CO)(N=C(N)N)CSS[C@@H]3CO)O1. The van der Waals surface area contributed by atoms with Crippen molar-refractivity contribution in [3.05, 3.63) is 74.7 Å². The zero-order valence-electron chi connectivity index (χ0n) is 28.4. The van der Waals surface area contributed by atoms with Gasteiger partial charge in [0.2, 0.25) is 5.43 Å². The number of hydrogen-bond donors (Lipinski definition) is 8. The Morgan fingerprint density at radius 1 is 1.16 bits per heavy atom. The van der Waals surface area contributed by atoms with E-state index in [9.17, 15) is 25.6 Å². The number of allylic oxidation sites excluding steroid dienone is 1. The topological polar surface area (TPSA) is 226 Å². The van der Waals surface area contributed by atoms with E-state index in [0.717, 1.165) is 25.7 Å². The molecule has 274 valence electrons. The molecule has 1 aromatic heterocycles. The van der Waals surface area contributed by atoms with Crippen LogP contribution in [0.4, 0.5) is 5.69 Å². The molecule has 15 heteroatoms. The minimum absolute atomic E-state index is 0.0564. The molecule has 7 rings (SSSR count). The fourth-order valence-corrected chi connectivity index (χ4v) is 10.7. The fourth-order valence-electron chi connectivity index (χ4n) is 7.79. The van der Waals surface area contributed by atoms with Crippen molar-refractivity contribution in [1.82, 2.24) is 0 Å². The predicted octanol–water partition coefficient (Wildman–Crippen LogP) is 3.70. The second kappa shape index (κ2) is 13.5. The number of ether oxygens (including phenoxy) is 2. The van der Waals surface area contributed by atoms with Gasteiger partial charge in [0.15, 0.2) is 5.96 Å². The average Bonchev–Trinajstić information content (AvgIpc) is 3.78. The molecule has 0 spiro atoms. The first kappa shape index (κ1) is 35.9. The lowest BCUT2D eigenvalue weighted by Gasteiger charge is -2.38. The molecule has 2 aromatic carbocycles. The average molecular weight is 741 g/mol. The van der Waals surface area contributed by atoms with Crippen LogP contribution in [0.5, 0.6) is 11.5 Å². The van der Waals surface area contributed by atoms with Crippen molar-refractivity contribution in [2.75, 3.05) is 24.4 Å². The van der Waals surface area contributed by atoms with E-state index in [1.54, 1.807) is 50.3 Å². The molecule has 51 heavy (non-hydrogen) atoms. The number of guanidine groups is 1. The van der Waals surface area contributed by atoms with Crippen molar-refractivity contribution in [1.29, 1.82) is 0 Å². The maximum absolute atomic E-state index is 15.4. The second-order valence-corrected chi connectivity index (χ2v) is 17.1. The summed E-state index contributed by atoms with van der Waals surface area (Å²) in [4.78, 5) is 19.8. The highest BCUT2D eigenvalue weighted by atomic mass is 33.1. The number of hydrogen-bond acceptors (Lipinski definition) is 13. The van der Waals surface area contributed by atoms with Crippen molar-refractivity contribution in [2.45, 2.75) is 92.5 Å². The summed E-state index contributed by atoms with van der Waals surface area (Å²) in [6.07, 6.45) is 6.00. The molecule has 1 saturated carbocycles. The Morgan fingerprint density at radius 3 is 2.51 bits per heavy atom. The highest BCUT2D eigenvalue weighted by Crippen LogP contribution is 2.56. The van der Waals surface area contributed by atoms with Gasteiger partial charge >= 0.3 is 0 Å². The Hall–Kier alpha value is -3.44. The van der Waals surface area contributed by atoms with Gasteiger partial charge < -0.3 is 45.8 Å². The van der Waals surface area contributed by atoms with Gasteiger partial charge in [0.25, 0.3) is 0 Å². The van der Waals surface area contributed by atoms with Gasteiger partial charge in [-0.1, -0.05) is 39.8 Å². The van der Waals surface area contributed by atoms with E-state index in [0.29, 0.717) is 33.9 Å². The zero-order valence-corrected chi connectivity index (χ0v) is 30.1. The van der Waals surface area contributed by atoms with Gasteiger partial charge in [0.05, 0.1) is 47.0 Å². The molecule has 2 aliphatic heterocycles.